The lowest BCUT2D eigenvalue weighted by molar-refractivity contribution is 0.425. The Bertz CT molecular complexity index is 2730. The Morgan fingerprint density at radius 2 is 0.970 bits per heavy atom. The van der Waals surface area contributed by atoms with Crippen molar-refractivity contribution in [3.8, 4) is 11.3 Å². The number of aromatic nitrogens is 2. The molecule has 14 nitrogen and oxygen atoms in total. The van der Waals surface area contributed by atoms with E-state index >= 15 is 0 Å². The van der Waals surface area contributed by atoms with E-state index in [-0.39, 0.29) is 21.4 Å². The monoisotopic (exact) mass is 960 g/mol. The number of piperidine rings is 2. The first-order valence-corrected chi connectivity index (χ1v) is 24.7. The first-order valence-electron chi connectivity index (χ1n) is 21.3. The zero-order valence-electron chi connectivity index (χ0n) is 36.5. The van der Waals surface area contributed by atoms with Crippen LogP contribution in [-0.2, 0) is 20.0 Å². The molecule has 6 aromatic rings. The highest BCUT2D eigenvalue weighted by Gasteiger charge is 2.17. The summed E-state index contributed by atoms with van der Waals surface area (Å²) >= 11 is 6.17. The highest BCUT2D eigenvalue weighted by Crippen LogP contribution is 2.31. The first kappa shape index (κ1) is 49.8. The third-order valence-electron chi connectivity index (χ3n) is 10.8. The van der Waals surface area contributed by atoms with Crippen LogP contribution in [0.4, 0.5) is 43.2 Å². The molecular formula is C46H52BClF2N8O6S2. The van der Waals surface area contributed by atoms with Gasteiger partial charge in [-0.1, -0.05) is 23.7 Å². The van der Waals surface area contributed by atoms with Crippen LogP contribution in [0.15, 0.2) is 131 Å². The van der Waals surface area contributed by atoms with Crippen LogP contribution in [0.5, 0.6) is 0 Å². The summed E-state index contributed by atoms with van der Waals surface area (Å²) in [4.78, 5) is 14.1. The molecule has 0 unspecified atom stereocenters. The van der Waals surface area contributed by atoms with E-state index in [4.69, 9.17) is 26.6 Å². The minimum Gasteiger partial charge on any atom is -0.423 e. The van der Waals surface area contributed by atoms with Crippen molar-refractivity contribution < 1.29 is 35.7 Å². The minimum absolute atomic E-state index is 0.197. The number of benzene rings is 4. The van der Waals surface area contributed by atoms with Crippen LogP contribution in [0.25, 0.3) is 11.3 Å². The summed E-state index contributed by atoms with van der Waals surface area (Å²) in [7, 11) is -5.66. The zero-order valence-corrected chi connectivity index (χ0v) is 38.9. The second-order valence-electron chi connectivity index (χ2n) is 15.4. The smallest absolute Gasteiger partial charge is 0.423 e. The molecule has 0 saturated carbocycles. The van der Waals surface area contributed by atoms with Gasteiger partial charge in [0, 0.05) is 66.6 Å². The Hall–Kier alpha value is -5.67. The molecule has 0 bridgehead atoms. The Morgan fingerprint density at radius 3 is 1.39 bits per heavy atom. The molecule has 66 heavy (non-hydrogen) atoms. The van der Waals surface area contributed by atoms with E-state index in [0.29, 0.717) is 22.3 Å². The molecule has 0 atom stereocenters. The van der Waals surface area contributed by atoms with Crippen LogP contribution in [0.1, 0.15) is 38.5 Å². The summed E-state index contributed by atoms with van der Waals surface area (Å²) in [6, 6.07) is 32.2. The van der Waals surface area contributed by atoms with Gasteiger partial charge in [-0.05, 0) is 155 Å². The van der Waals surface area contributed by atoms with Gasteiger partial charge >= 0.3 is 7.12 Å². The maximum Gasteiger partial charge on any atom is 0.488 e. The fraction of sp³-hybridized carbons (Fsp3) is 0.261. The highest BCUT2D eigenvalue weighted by atomic mass is 35.5. The van der Waals surface area contributed by atoms with E-state index in [9.17, 15) is 25.6 Å². The molecule has 0 amide bonds. The maximum atomic E-state index is 13.4. The van der Waals surface area contributed by atoms with E-state index in [0.717, 1.165) is 73.0 Å². The number of pyridine rings is 2. The first-order chi connectivity index (χ1) is 31.6. The fourth-order valence-corrected chi connectivity index (χ4v) is 8.83. The molecule has 2 saturated heterocycles. The summed E-state index contributed by atoms with van der Waals surface area (Å²) < 4.78 is 77.6. The van der Waals surface area contributed by atoms with Gasteiger partial charge in [-0.15, -0.1) is 0 Å². The van der Waals surface area contributed by atoms with Crippen LogP contribution in [-0.4, -0.2) is 84.2 Å². The molecule has 4 aromatic carbocycles. The van der Waals surface area contributed by atoms with Crippen LogP contribution in [0, 0.1) is 11.6 Å². The molecule has 8 rings (SSSR count). The SMILES string of the molecule is CNS(=O)(=O)c1ccc(Nc2cc(N3CCCCC3)cc(-c3ccc(F)cc3)n2)cc1.CNS(=O)(=O)c1ccc(Nc2cc(N3CCCCC3)cc(Cl)n2)cc1.OB(O)c1ccc(F)cc1. The van der Waals surface area contributed by atoms with E-state index in [1.54, 1.807) is 60.7 Å². The quantitative estimate of drug-likeness (QED) is 0.0527. The number of rotatable bonds is 12. The Labute approximate surface area is 390 Å². The standard InChI is InChI=1S/C23H25FN4O2S.C17H21ClN4O2S.C6H6BFO2/c1-25-31(29,30)21-11-9-19(10-12-21)26-23-16-20(28-13-3-2-4-14-28)15-22(27-23)17-5-7-18(24)8-6-17;1-19-25(23,24)15-7-5-13(6-8-15)20-17-12-14(11-16(18)21-17)22-9-3-2-4-10-22;8-6-3-1-5(2-4-6)7(9)10/h5-12,15-16,25H,2-4,13-14H2,1H3,(H,26,27);5-8,11-12,19H,2-4,9-10H2,1H3,(H,20,21);1-4,9-10H. The van der Waals surface area contributed by atoms with Crippen LogP contribution >= 0.6 is 11.6 Å². The molecule has 20 heteroatoms. The summed E-state index contributed by atoms with van der Waals surface area (Å²) in [5, 5.41) is 24.0. The molecule has 6 N–H and O–H groups in total. The molecule has 2 fully saturated rings. The molecule has 0 spiro atoms. The molecule has 0 aliphatic carbocycles. The summed E-state index contributed by atoms with van der Waals surface area (Å²) in [6.45, 7) is 4.03. The van der Waals surface area contributed by atoms with Crippen LogP contribution in [0.3, 0.4) is 0 Å². The van der Waals surface area contributed by atoms with Gasteiger partial charge in [-0.25, -0.2) is 45.0 Å². The largest absolute Gasteiger partial charge is 0.488 e. The molecule has 4 heterocycles. The summed E-state index contributed by atoms with van der Waals surface area (Å²) in [5.74, 6) is 0.610. The second kappa shape index (κ2) is 23.2. The maximum absolute atomic E-state index is 13.4. The van der Waals surface area contributed by atoms with Crippen molar-refractivity contribution in [2.45, 2.75) is 48.3 Å². The van der Waals surface area contributed by atoms with Crippen molar-refractivity contribution in [3.63, 3.8) is 0 Å². The predicted octanol–water partition coefficient (Wildman–Crippen LogP) is 7.41. The van der Waals surface area contributed by atoms with E-state index in [2.05, 4.69) is 34.9 Å². The second-order valence-corrected chi connectivity index (χ2v) is 19.5. The van der Waals surface area contributed by atoms with E-state index < -0.39 is 27.2 Å². The van der Waals surface area contributed by atoms with Gasteiger partial charge in [0.15, 0.2) is 0 Å². The topological polar surface area (TPSA) is 189 Å². The highest BCUT2D eigenvalue weighted by molar-refractivity contribution is 7.89. The van der Waals surface area contributed by atoms with Crippen molar-refractivity contribution in [1.29, 1.82) is 0 Å². The van der Waals surface area contributed by atoms with Gasteiger partial charge in [-0.2, -0.15) is 0 Å². The number of halogens is 3. The fourth-order valence-electron chi connectivity index (χ4n) is 7.17. The number of hydrogen-bond donors (Lipinski definition) is 6. The number of nitrogens with one attached hydrogen (secondary N) is 4. The number of nitrogens with zero attached hydrogens (tertiary/aromatic N) is 4. The van der Waals surface area contributed by atoms with Gasteiger partial charge in [0.25, 0.3) is 0 Å². The van der Waals surface area contributed by atoms with Gasteiger partial charge in [0.1, 0.15) is 28.4 Å². The lowest BCUT2D eigenvalue weighted by atomic mass is 9.80. The minimum atomic E-state index is -3.49. The Kier molecular flexibility index (Phi) is 17.5. The van der Waals surface area contributed by atoms with Crippen molar-refractivity contribution in [2.24, 2.45) is 0 Å². The van der Waals surface area contributed by atoms with Crippen molar-refractivity contribution in [3.05, 3.63) is 138 Å². The zero-order chi connectivity index (χ0) is 47.3. The third kappa shape index (κ3) is 14.2. The Balaban J connectivity index is 0.000000183. The molecule has 2 aromatic heterocycles. The number of anilines is 6. The van der Waals surface area contributed by atoms with E-state index in [1.807, 2.05) is 24.3 Å². The van der Waals surface area contributed by atoms with Gasteiger partial charge < -0.3 is 30.5 Å². The van der Waals surface area contributed by atoms with Gasteiger partial charge in [0.05, 0.1) is 15.5 Å². The molecule has 2 aliphatic rings. The van der Waals surface area contributed by atoms with Gasteiger partial charge in [0.2, 0.25) is 20.0 Å². The van der Waals surface area contributed by atoms with Crippen LogP contribution in [0.2, 0.25) is 5.15 Å². The molecule has 2 aliphatic heterocycles. The number of sulfonamides is 2. The van der Waals surface area contributed by atoms with Crippen molar-refractivity contribution >= 4 is 78.6 Å². The molecular weight excluding hydrogens is 909 g/mol. The third-order valence-corrected chi connectivity index (χ3v) is 13.8. The number of hydrogen-bond acceptors (Lipinski definition) is 12. The normalized spacial score (nSPS) is 14.0. The van der Waals surface area contributed by atoms with Crippen molar-refractivity contribution in [2.75, 3.05) is 60.7 Å². The molecule has 348 valence electrons. The summed E-state index contributed by atoms with van der Waals surface area (Å²) in [6.07, 6.45) is 7.17. The van der Waals surface area contributed by atoms with Crippen LogP contribution < -0.4 is 35.3 Å². The lowest BCUT2D eigenvalue weighted by Crippen LogP contribution is -2.29. The average molecular weight is 961 g/mol. The Morgan fingerprint density at radius 1 is 0.561 bits per heavy atom. The summed E-state index contributed by atoms with van der Waals surface area (Å²) in [5.41, 5.74) is 5.46. The van der Waals surface area contributed by atoms with E-state index in [1.165, 1.54) is 76.2 Å². The lowest BCUT2D eigenvalue weighted by Gasteiger charge is -2.29. The van der Waals surface area contributed by atoms with Crippen molar-refractivity contribution in [1.82, 2.24) is 19.4 Å². The predicted molar refractivity (Wildman–Crippen MR) is 259 cm³/mol. The molecule has 0 radical (unpaired) electrons. The van der Waals surface area contributed by atoms with Gasteiger partial charge in [-0.3, -0.25) is 0 Å². The average Bonchev–Trinajstić information content (AvgIpc) is 3.33.